The molecule has 0 saturated carbocycles. The highest BCUT2D eigenvalue weighted by Gasteiger charge is 2.33. The van der Waals surface area contributed by atoms with Gasteiger partial charge in [-0.15, -0.1) is 0 Å². The van der Waals surface area contributed by atoms with Crippen molar-refractivity contribution < 1.29 is 9.53 Å². The van der Waals surface area contributed by atoms with Crippen molar-refractivity contribution in [2.45, 2.75) is 58.1 Å². The van der Waals surface area contributed by atoms with Crippen LogP contribution >= 0.6 is 11.6 Å². The number of hydrogen-bond acceptors (Lipinski definition) is 4. The van der Waals surface area contributed by atoms with Gasteiger partial charge in [0.25, 0.3) is 0 Å². The van der Waals surface area contributed by atoms with E-state index in [0.29, 0.717) is 6.54 Å². The minimum absolute atomic E-state index is 0.0774. The van der Waals surface area contributed by atoms with Gasteiger partial charge in [0, 0.05) is 30.0 Å². The topological polar surface area (TPSA) is 65.2 Å². The van der Waals surface area contributed by atoms with Crippen LogP contribution in [0.4, 0.5) is 4.79 Å². The molecule has 2 atom stereocenters. The first kappa shape index (κ1) is 20.7. The van der Waals surface area contributed by atoms with Crippen LogP contribution in [0.5, 0.6) is 0 Å². The molecular weight excluding hydrogens is 402 g/mol. The third-order valence-corrected chi connectivity index (χ3v) is 5.89. The number of fused-ring (bicyclic) bond motifs is 1. The Balaban J connectivity index is 1.59. The van der Waals surface area contributed by atoms with E-state index in [2.05, 4.69) is 23.2 Å². The number of aryl methyl sites for hydroxylation is 1. The molecule has 0 N–H and O–H groups in total. The monoisotopic (exact) mass is 429 g/mol. The first-order valence-corrected chi connectivity index (χ1v) is 10.7. The molecule has 7 nitrogen and oxygen atoms in total. The Morgan fingerprint density at radius 3 is 2.63 bits per heavy atom. The number of amides is 1. The van der Waals surface area contributed by atoms with Crippen molar-refractivity contribution in [1.29, 1.82) is 0 Å². The fraction of sp³-hybridized carbons (Fsp3) is 0.500. The van der Waals surface area contributed by atoms with Crippen LogP contribution in [0.15, 0.2) is 30.7 Å². The highest BCUT2D eigenvalue weighted by Crippen LogP contribution is 2.38. The van der Waals surface area contributed by atoms with Crippen LogP contribution in [0.1, 0.15) is 52.0 Å². The van der Waals surface area contributed by atoms with Gasteiger partial charge in [0.2, 0.25) is 0 Å². The zero-order chi connectivity index (χ0) is 21.6. The summed E-state index contributed by atoms with van der Waals surface area (Å²) in [7, 11) is 1.89. The zero-order valence-electron chi connectivity index (χ0n) is 18.1. The molecule has 1 aliphatic rings. The number of halogens is 1. The van der Waals surface area contributed by atoms with Crippen molar-refractivity contribution in [3.63, 3.8) is 0 Å². The lowest BCUT2D eigenvalue weighted by atomic mass is 9.85. The molecule has 0 unspecified atom stereocenters. The molecule has 1 amide bonds. The molecule has 0 aliphatic carbocycles. The number of nitrogens with zero attached hydrogens (tertiary/aromatic N) is 5. The summed E-state index contributed by atoms with van der Waals surface area (Å²) in [5, 5.41) is 10.5. The number of benzene rings is 1. The summed E-state index contributed by atoms with van der Waals surface area (Å²) in [6.07, 6.45) is 6.99. The van der Waals surface area contributed by atoms with E-state index in [1.165, 1.54) is 0 Å². The van der Waals surface area contributed by atoms with Crippen LogP contribution in [-0.4, -0.2) is 48.7 Å². The zero-order valence-corrected chi connectivity index (χ0v) is 18.8. The lowest BCUT2D eigenvalue weighted by molar-refractivity contribution is 0.0104. The summed E-state index contributed by atoms with van der Waals surface area (Å²) >= 11 is 6.67. The van der Waals surface area contributed by atoms with Gasteiger partial charge < -0.3 is 9.64 Å². The first-order chi connectivity index (χ1) is 14.1. The second-order valence-corrected chi connectivity index (χ2v) is 9.51. The second kappa shape index (κ2) is 7.61. The molecule has 1 aliphatic heterocycles. The molecule has 0 radical (unpaired) electrons. The predicted molar refractivity (Wildman–Crippen MR) is 117 cm³/mol. The quantitative estimate of drug-likeness (QED) is 0.580. The predicted octanol–water partition coefficient (Wildman–Crippen LogP) is 4.92. The summed E-state index contributed by atoms with van der Waals surface area (Å²) in [6, 6.07) is 4.20. The Morgan fingerprint density at radius 1 is 1.23 bits per heavy atom. The minimum Gasteiger partial charge on any atom is -0.444 e. The van der Waals surface area contributed by atoms with Gasteiger partial charge in [-0.1, -0.05) is 11.6 Å². The highest BCUT2D eigenvalue weighted by molar-refractivity contribution is 6.32. The van der Waals surface area contributed by atoms with Gasteiger partial charge in [0.1, 0.15) is 11.3 Å². The van der Waals surface area contributed by atoms with E-state index in [9.17, 15) is 4.79 Å². The highest BCUT2D eigenvalue weighted by atomic mass is 35.5. The molecule has 3 aromatic rings. The maximum absolute atomic E-state index is 12.5. The van der Waals surface area contributed by atoms with E-state index in [4.69, 9.17) is 16.3 Å². The number of piperidine rings is 1. The third kappa shape index (κ3) is 4.03. The van der Waals surface area contributed by atoms with Gasteiger partial charge in [-0.05, 0) is 64.2 Å². The maximum atomic E-state index is 12.5. The van der Waals surface area contributed by atoms with Gasteiger partial charge >= 0.3 is 6.09 Å². The molecule has 1 fully saturated rings. The molecule has 0 bridgehead atoms. The first-order valence-electron chi connectivity index (χ1n) is 10.3. The Labute approximate surface area is 181 Å². The molecule has 0 spiro atoms. The maximum Gasteiger partial charge on any atom is 0.410 e. The molecular formula is C22H28ClN5O2. The molecule has 160 valence electrons. The molecule has 1 aromatic carbocycles. The Morgan fingerprint density at radius 2 is 2.00 bits per heavy atom. The Bertz CT molecular complexity index is 1080. The fourth-order valence-electron chi connectivity index (χ4n) is 4.15. The summed E-state index contributed by atoms with van der Waals surface area (Å²) in [6.45, 7) is 8.40. The normalized spacial score (nSPS) is 20.0. The number of rotatable bonds is 2. The largest absolute Gasteiger partial charge is 0.444 e. The average molecular weight is 430 g/mol. The van der Waals surface area contributed by atoms with Crippen molar-refractivity contribution in [3.05, 3.63) is 41.3 Å². The van der Waals surface area contributed by atoms with E-state index in [0.717, 1.165) is 40.0 Å². The Hall–Kier alpha value is -2.54. The fourth-order valence-corrected chi connectivity index (χ4v) is 4.47. The average Bonchev–Trinajstić information content (AvgIpc) is 3.24. The van der Waals surface area contributed by atoms with Gasteiger partial charge in [0.05, 0.1) is 24.1 Å². The minimum atomic E-state index is -0.493. The summed E-state index contributed by atoms with van der Waals surface area (Å²) < 4.78 is 9.22. The lowest BCUT2D eigenvalue weighted by Crippen LogP contribution is -2.46. The third-order valence-electron chi connectivity index (χ3n) is 5.57. The van der Waals surface area contributed by atoms with Crippen molar-refractivity contribution in [3.8, 4) is 5.69 Å². The van der Waals surface area contributed by atoms with E-state index < -0.39 is 5.60 Å². The molecule has 8 heteroatoms. The smallest absolute Gasteiger partial charge is 0.410 e. The van der Waals surface area contributed by atoms with Crippen LogP contribution in [0.2, 0.25) is 5.02 Å². The van der Waals surface area contributed by atoms with Crippen molar-refractivity contribution >= 4 is 28.6 Å². The number of likely N-dealkylation sites (tertiary alicyclic amines) is 1. The molecule has 3 heterocycles. The van der Waals surface area contributed by atoms with Crippen molar-refractivity contribution in [2.24, 2.45) is 7.05 Å². The van der Waals surface area contributed by atoms with Crippen molar-refractivity contribution in [1.82, 2.24) is 24.5 Å². The summed E-state index contributed by atoms with van der Waals surface area (Å²) in [5.41, 5.74) is 2.52. The summed E-state index contributed by atoms with van der Waals surface area (Å²) in [5.74, 6) is 0.271. The number of carbonyl (C=O) groups excluding carboxylic acids is 1. The molecule has 30 heavy (non-hydrogen) atoms. The van der Waals surface area contributed by atoms with Gasteiger partial charge in [0.15, 0.2) is 0 Å². The van der Waals surface area contributed by atoms with Crippen LogP contribution in [-0.2, 0) is 11.8 Å². The van der Waals surface area contributed by atoms with E-state index in [-0.39, 0.29) is 18.1 Å². The molecule has 2 aromatic heterocycles. The van der Waals surface area contributed by atoms with E-state index in [1.54, 1.807) is 10.9 Å². The number of hydrogen-bond donors (Lipinski definition) is 0. The number of ether oxygens (including phenoxy) is 1. The lowest BCUT2D eigenvalue weighted by Gasteiger charge is -2.38. The second-order valence-electron chi connectivity index (χ2n) is 9.11. The van der Waals surface area contributed by atoms with Crippen LogP contribution in [0.3, 0.4) is 0 Å². The molecule has 1 saturated heterocycles. The number of carbonyl (C=O) groups is 1. The van der Waals surface area contributed by atoms with Crippen molar-refractivity contribution in [2.75, 3.05) is 6.54 Å². The van der Waals surface area contributed by atoms with E-state index >= 15 is 0 Å². The number of aromatic nitrogens is 4. The van der Waals surface area contributed by atoms with E-state index in [1.807, 2.05) is 55.9 Å². The van der Waals surface area contributed by atoms with Crippen LogP contribution in [0, 0.1) is 0 Å². The SMILES string of the molecule is C[C@H]1C[C@H](c2cc3c(cnn3-c3cnn(C)c3)cc2Cl)CCN1C(=O)OC(C)(C)C. The summed E-state index contributed by atoms with van der Waals surface area (Å²) in [4.78, 5) is 14.4. The van der Waals surface area contributed by atoms with Crippen LogP contribution in [0.25, 0.3) is 16.6 Å². The van der Waals surface area contributed by atoms with Gasteiger partial charge in [-0.3, -0.25) is 4.68 Å². The standard InChI is InChI=1S/C22H28ClN5O2/c1-14-8-15(6-7-27(14)21(29)30-22(2,3)4)18-10-20-16(9-19(18)23)11-25-28(20)17-12-24-26(5)13-17/h9-15H,6-8H2,1-5H3/t14-,15+/m0/s1. The molecule has 4 rings (SSSR count). The van der Waals surface area contributed by atoms with Gasteiger partial charge in [-0.2, -0.15) is 10.2 Å². The van der Waals surface area contributed by atoms with Crippen LogP contribution < -0.4 is 0 Å². The Kier molecular flexibility index (Phi) is 5.26. The van der Waals surface area contributed by atoms with Gasteiger partial charge in [-0.25, -0.2) is 9.48 Å².